The number of fused-ring (bicyclic) bond motifs is 1. The van der Waals surface area contributed by atoms with Crippen molar-refractivity contribution in [3.63, 3.8) is 0 Å². The number of nitrogens with zero attached hydrogens (tertiary/aromatic N) is 3. The molecule has 2 aromatic rings. The van der Waals surface area contributed by atoms with E-state index < -0.39 is 0 Å². The van der Waals surface area contributed by atoms with Crippen LogP contribution in [-0.4, -0.2) is 33.5 Å². The second kappa shape index (κ2) is 6.59. The van der Waals surface area contributed by atoms with Crippen molar-refractivity contribution < 1.29 is 4.79 Å². The maximum absolute atomic E-state index is 12.0. The van der Waals surface area contributed by atoms with Crippen molar-refractivity contribution in [2.75, 3.05) is 12.8 Å². The lowest BCUT2D eigenvalue weighted by atomic mass is 10.3. The largest absolute Gasteiger partial charge is 0.345 e. The summed E-state index contributed by atoms with van der Waals surface area (Å²) in [4.78, 5) is 16.3. The summed E-state index contributed by atoms with van der Waals surface area (Å²) in [5.41, 5.74) is 2.55. The van der Waals surface area contributed by atoms with E-state index in [1.807, 2.05) is 17.0 Å². The molecule has 0 spiro atoms. The summed E-state index contributed by atoms with van der Waals surface area (Å²) < 4.78 is 2.93. The van der Waals surface area contributed by atoms with Crippen LogP contribution in [0.4, 0.5) is 0 Å². The highest BCUT2D eigenvalue weighted by Crippen LogP contribution is 2.19. The molecule has 0 saturated carbocycles. The van der Waals surface area contributed by atoms with Gasteiger partial charge in [-0.2, -0.15) is 5.10 Å². The van der Waals surface area contributed by atoms with Gasteiger partial charge in [0.05, 0.1) is 17.9 Å². The van der Waals surface area contributed by atoms with Gasteiger partial charge >= 0.3 is 0 Å². The molecule has 3 heterocycles. The number of hydrogen-bond donors (Lipinski definition) is 2. The molecule has 1 amide bonds. The topological polar surface area (TPSA) is 71.8 Å². The number of rotatable bonds is 4. The van der Waals surface area contributed by atoms with Gasteiger partial charge in [-0.05, 0) is 25.3 Å². The van der Waals surface area contributed by atoms with E-state index in [2.05, 4.69) is 20.7 Å². The summed E-state index contributed by atoms with van der Waals surface area (Å²) in [5.74, 6) is -0.145. The summed E-state index contributed by atoms with van der Waals surface area (Å²) in [7, 11) is 0. The highest BCUT2D eigenvalue weighted by Gasteiger charge is 2.13. The fourth-order valence-corrected chi connectivity index (χ4v) is 3.47. The predicted octanol–water partition coefficient (Wildman–Crippen LogP) is 1.48. The normalized spacial score (nSPS) is 14.5. The van der Waals surface area contributed by atoms with Crippen LogP contribution in [-0.2, 0) is 19.6 Å². The van der Waals surface area contributed by atoms with Crippen LogP contribution in [0.3, 0.4) is 0 Å². The zero-order valence-corrected chi connectivity index (χ0v) is 13.4. The molecule has 1 aliphatic heterocycles. The van der Waals surface area contributed by atoms with E-state index in [-0.39, 0.29) is 5.91 Å². The smallest absolute Gasteiger partial charge is 0.271 e. The zero-order chi connectivity index (χ0) is 14.7. The van der Waals surface area contributed by atoms with Crippen LogP contribution in [0.2, 0.25) is 0 Å². The quantitative estimate of drug-likeness (QED) is 0.834. The SMILES string of the molecule is CSc1nc(C(=O)NCc2cc3n(n2)CCCNC3)cs1. The lowest BCUT2D eigenvalue weighted by Crippen LogP contribution is -2.23. The maximum Gasteiger partial charge on any atom is 0.271 e. The molecule has 21 heavy (non-hydrogen) atoms. The molecule has 0 atom stereocenters. The van der Waals surface area contributed by atoms with Crippen LogP contribution < -0.4 is 10.6 Å². The molecule has 3 rings (SSSR count). The minimum absolute atomic E-state index is 0.145. The number of nitrogens with one attached hydrogen (secondary N) is 2. The second-order valence-corrected chi connectivity index (χ2v) is 6.68. The Labute approximate surface area is 131 Å². The van der Waals surface area contributed by atoms with Gasteiger partial charge in [-0.25, -0.2) is 4.98 Å². The van der Waals surface area contributed by atoms with Crippen LogP contribution >= 0.6 is 23.1 Å². The number of aryl methyl sites for hydroxylation is 1. The van der Waals surface area contributed by atoms with Crippen molar-refractivity contribution in [1.29, 1.82) is 0 Å². The molecule has 2 aromatic heterocycles. The van der Waals surface area contributed by atoms with E-state index in [1.165, 1.54) is 17.0 Å². The Bertz CT molecular complexity index is 613. The molecule has 8 heteroatoms. The first-order valence-corrected chi connectivity index (χ1v) is 8.91. The Hall–Kier alpha value is -1.38. The minimum Gasteiger partial charge on any atom is -0.345 e. The highest BCUT2D eigenvalue weighted by molar-refractivity contribution is 8.00. The van der Waals surface area contributed by atoms with Crippen LogP contribution in [0.1, 0.15) is 28.3 Å². The second-order valence-electron chi connectivity index (χ2n) is 4.77. The number of hydrogen-bond acceptors (Lipinski definition) is 6. The summed E-state index contributed by atoms with van der Waals surface area (Å²) in [6.45, 7) is 3.23. The fourth-order valence-electron chi connectivity index (χ4n) is 2.22. The number of amides is 1. The zero-order valence-electron chi connectivity index (χ0n) is 11.8. The minimum atomic E-state index is -0.145. The van der Waals surface area contributed by atoms with Gasteiger partial charge in [0, 0.05) is 18.5 Å². The van der Waals surface area contributed by atoms with Crippen molar-refractivity contribution in [3.8, 4) is 0 Å². The number of thioether (sulfide) groups is 1. The lowest BCUT2D eigenvalue weighted by Gasteiger charge is -2.01. The Morgan fingerprint density at radius 1 is 1.62 bits per heavy atom. The third-order valence-electron chi connectivity index (χ3n) is 3.26. The van der Waals surface area contributed by atoms with Crippen LogP contribution in [0.5, 0.6) is 0 Å². The highest BCUT2D eigenvalue weighted by atomic mass is 32.2. The Kier molecular flexibility index (Phi) is 4.57. The first-order valence-electron chi connectivity index (χ1n) is 6.80. The van der Waals surface area contributed by atoms with Crippen molar-refractivity contribution in [3.05, 3.63) is 28.5 Å². The summed E-state index contributed by atoms with van der Waals surface area (Å²) in [5, 5.41) is 12.6. The molecular formula is C13H17N5OS2. The van der Waals surface area contributed by atoms with Crippen LogP contribution in [0.25, 0.3) is 0 Å². The van der Waals surface area contributed by atoms with E-state index in [0.717, 1.165) is 36.1 Å². The molecule has 1 aliphatic rings. The van der Waals surface area contributed by atoms with Gasteiger partial charge in [0.2, 0.25) is 0 Å². The van der Waals surface area contributed by atoms with Gasteiger partial charge in [0.1, 0.15) is 10.0 Å². The number of carbonyl (C=O) groups is 1. The van der Waals surface area contributed by atoms with E-state index in [1.54, 1.807) is 17.1 Å². The van der Waals surface area contributed by atoms with Crippen LogP contribution in [0.15, 0.2) is 15.8 Å². The number of carbonyl (C=O) groups excluding carboxylic acids is 1. The molecule has 0 aromatic carbocycles. The van der Waals surface area contributed by atoms with Crippen molar-refractivity contribution >= 4 is 29.0 Å². The average molecular weight is 323 g/mol. The Morgan fingerprint density at radius 3 is 3.33 bits per heavy atom. The molecule has 112 valence electrons. The molecule has 0 aliphatic carbocycles. The molecule has 0 saturated heterocycles. The van der Waals surface area contributed by atoms with Crippen molar-refractivity contribution in [1.82, 2.24) is 25.4 Å². The van der Waals surface area contributed by atoms with Gasteiger partial charge in [-0.1, -0.05) is 11.8 Å². The molecule has 0 unspecified atom stereocenters. The summed E-state index contributed by atoms with van der Waals surface area (Å²) in [6.07, 6.45) is 3.03. The fraction of sp³-hybridized carbons (Fsp3) is 0.462. The molecule has 6 nitrogen and oxygen atoms in total. The average Bonchev–Trinajstić information content (AvgIpc) is 3.07. The summed E-state index contributed by atoms with van der Waals surface area (Å²) in [6, 6.07) is 2.05. The van der Waals surface area contributed by atoms with Gasteiger partial charge in [-0.3, -0.25) is 9.48 Å². The third-order valence-corrected chi connectivity index (χ3v) is 5.13. The Balaban J connectivity index is 1.61. The molecule has 0 fully saturated rings. The number of aromatic nitrogens is 3. The molecule has 0 bridgehead atoms. The van der Waals surface area contributed by atoms with E-state index in [4.69, 9.17) is 0 Å². The Morgan fingerprint density at radius 2 is 2.52 bits per heavy atom. The first-order chi connectivity index (χ1) is 10.3. The maximum atomic E-state index is 12.0. The standard InChI is InChI=1S/C13H17N5OS2/c1-20-13-16-11(8-21-13)12(19)15-6-9-5-10-7-14-3-2-4-18(10)17-9/h5,8,14H,2-4,6-7H2,1H3,(H,15,19). The van der Waals surface area contributed by atoms with Crippen molar-refractivity contribution in [2.45, 2.75) is 30.4 Å². The van der Waals surface area contributed by atoms with Gasteiger partial charge in [0.15, 0.2) is 0 Å². The van der Waals surface area contributed by atoms with E-state index in [0.29, 0.717) is 12.2 Å². The van der Waals surface area contributed by atoms with Crippen LogP contribution in [0, 0.1) is 0 Å². The monoisotopic (exact) mass is 323 g/mol. The predicted molar refractivity (Wildman–Crippen MR) is 83.6 cm³/mol. The van der Waals surface area contributed by atoms with Gasteiger partial charge in [0.25, 0.3) is 5.91 Å². The third kappa shape index (κ3) is 3.45. The van der Waals surface area contributed by atoms with Gasteiger partial charge < -0.3 is 10.6 Å². The van der Waals surface area contributed by atoms with Gasteiger partial charge in [-0.15, -0.1) is 11.3 Å². The number of thiazole rings is 1. The molecule has 0 radical (unpaired) electrons. The lowest BCUT2D eigenvalue weighted by molar-refractivity contribution is 0.0945. The van der Waals surface area contributed by atoms with Crippen molar-refractivity contribution in [2.24, 2.45) is 0 Å². The first kappa shape index (κ1) is 14.6. The molecule has 2 N–H and O–H groups in total. The van der Waals surface area contributed by atoms with E-state index in [9.17, 15) is 4.79 Å². The van der Waals surface area contributed by atoms with E-state index >= 15 is 0 Å². The molecular weight excluding hydrogens is 306 g/mol. The summed E-state index contributed by atoms with van der Waals surface area (Å²) >= 11 is 3.03.